The molecular weight excluding hydrogens is 184 g/mol. The lowest BCUT2D eigenvalue weighted by atomic mass is 9.85. The minimum atomic E-state index is 0.735. The van der Waals surface area contributed by atoms with Gasteiger partial charge >= 0.3 is 0 Å². The topological polar surface area (TPSA) is 9.23 Å². The lowest BCUT2D eigenvalue weighted by Gasteiger charge is -2.24. The van der Waals surface area contributed by atoms with E-state index in [1.807, 2.05) is 6.92 Å². The van der Waals surface area contributed by atoms with Gasteiger partial charge in [0.25, 0.3) is 0 Å². The molecule has 0 saturated heterocycles. The van der Waals surface area contributed by atoms with Gasteiger partial charge in [0.2, 0.25) is 0 Å². The van der Waals surface area contributed by atoms with Crippen molar-refractivity contribution in [2.45, 2.75) is 33.1 Å². The van der Waals surface area contributed by atoms with Gasteiger partial charge in [-0.3, -0.25) is 0 Å². The first-order valence-corrected chi connectivity index (χ1v) is 6.08. The van der Waals surface area contributed by atoms with Crippen molar-refractivity contribution in [2.24, 2.45) is 17.8 Å². The second-order valence-electron chi connectivity index (χ2n) is 5.24. The maximum Gasteiger partial charge on any atom is 0.0671 e. The van der Waals surface area contributed by atoms with Gasteiger partial charge in [-0.1, -0.05) is 23.8 Å². The van der Waals surface area contributed by atoms with Gasteiger partial charge in [0.05, 0.1) is 13.2 Å². The van der Waals surface area contributed by atoms with E-state index in [1.54, 1.807) is 5.57 Å². The Morgan fingerprint density at radius 3 is 2.93 bits per heavy atom. The molecule has 2 aliphatic rings. The zero-order valence-electron chi connectivity index (χ0n) is 9.96. The normalized spacial score (nSPS) is 36.4. The second kappa shape index (κ2) is 4.52. The predicted octanol–water partition coefficient (Wildman–Crippen LogP) is 3.57. The molecule has 2 rings (SSSR count). The van der Waals surface area contributed by atoms with Gasteiger partial charge in [-0.05, 0) is 50.9 Å². The Hall–Kier alpha value is -0.560. The highest BCUT2D eigenvalue weighted by Gasteiger charge is 2.42. The van der Waals surface area contributed by atoms with Gasteiger partial charge in [0.15, 0.2) is 0 Å². The largest absolute Gasteiger partial charge is 0.377 e. The van der Waals surface area contributed by atoms with E-state index in [2.05, 4.69) is 19.6 Å². The number of ether oxygens (including phenoxy) is 1. The quantitative estimate of drug-likeness (QED) is 0.639. The van der Waals surface area contributed by atoms with E-state index < -0.39 is 0 Å². The first-order chi connectivity index (χ1) is 7.20. The highest BCUT2D eigenvalue weighted by Crippen LogP contribution is 2.51. The van der Waals surface area contributed by atoms with Crippen LogP contribution in [0.25, 0.3) is 0 Å². The molecule has 15 heavy (non-hydrogen) atoms. The summed E-state index contributed by atoms with van der Waals surface area (Å²) < 4.78 is 5.70. The van der Waals surface area contributed by atoms with E-state index in [4.69, 9.17) is 4.74 Å². The third-order valence-electron chi connectivity index (χ3n) is 3.84. The zero-order valence-corrected chi connectivity index (χ0v) is 9.96. The molecule has 2 fully saturated rings. The van der Waals surface area contributed by atoms with Gasteiger partial charge < -0.3 is 4.74 Å². The molecular formula is C14H22O. The van der Waals surface area contributed by atoms with Crippen LogP contribution in [0.3, 0.4) is 0 Å². The first kappa shape index (κ1) is 10.9. The molecule has 0 spiro atoms. The molecule has 3 atom stereocenters. The van der Waals surface area contributed by atoms with Crippen LogP contribution in [-0.2, 0) is 4.74 Å². The molecule has 0 radical (unpaired) electrons. The van der Waals surface area contributed by atoms with Gasteiger partial charge in [-0.2, -0.15) is 0 Å². The Labute approximate surface area is 93.2 Å². The van der Waals surface area contributed by atoms with Crippen LogP contribution >= 0.6 is 0 Å². The van der Waals surface area contributed by atoms with E-state index in [1.165, 1.54) is 19.3 Å². The monoisotopic (exact) mass is 206 g/mol. The zero-order chi connectivity index (χ0) is 10.8. The Balaban J connectivity index is 1.82. The van der Waals surface area contributed by atoms with Gasteiger partial charge in [-0.25, -0.2) is 0 Å². The average Bonchev–Trinajstić information content (AvgIpc) is 2.75. The first-order valence-electron chi connectivity index (χ1n) is 6.08. The van der Waals surface area contributed by atoms with Crippen LogP contribution in [-0.4, -0.2) is 13.2 Å². The van der Waals surface area contributed by atoms with Crippen molar-refractivity contribution in [3.05, 3.63) is 23.8 Å². The maximum absolute atomic E-state index is 5.70. The van der Waals surface area contributed by atoms with E-state index >= 15 is 0 Å². The van der Waals surface area contributed by atoms with Crippen LogP contribution in [0, 0.1) is 17.8 Å². The average molecular weight is 206 g/mol. The summed E-state index contributed by atoms with van der Waals surface area (Å²) in [5, 5.41) is 0. The molecule has 1 unspecified atom stereocenters. The summed E-state index contributed by atoms with van der Waals surface area (Å²) in [6.45, 7) is 9.74. The Morgan fingerprint density at radius 1 is 1.53 bits per heavy atom. The lowest BCUT2D eigenvalue weighted by molar-refractivity contribution is 0.103. The number of allylic oxidation sites excluding steroid dienone is 2. The summed E-state index contributed by atoms with van der Waals surface area (Å²) in [4.78, 5) is 0. The molecule has 0 N–H and O–H groups in total. The summed E-state index contributed by atoms with van der Waals surface area (Å²) in [6, 6.07) is 0. The van der Waals surface area contributed by atoms with Gasteiger partial charge in [-0.15, -0.1) is 0 Å². The molecule has 0 aromatic rings. The highest BCUT2D eigenvalue weighted by atomic mass is 16.5. The van der Waals surface area contributed by atoms with Crippen molar-refractivity contribution in [2.75, 3.05) is 13.2 Å². The smallest absolute Gasteiger partial charge is 0.0671 e. The van der Waals surface area contributed by atoms with Gasteiger partial charge in [0, 0.05) is 0 Å². The molecule has 2 saturated carbocycles. The second-order valence-corrected chi connectivity index (χ2v) is 5.24. The van der Waals surface area contributed by atoms with Crippen molar-refractivity contribution in [3.8, 4) is 0 Å². The molecule has 1 heteroatoms. The third kappa shape index (κ3) is 2.34. The van der Waals surface area contributed by atoms with Crippen LogP contribution in [0.15, 0.2) is 23.8 Å². The van der Waals surface area contributed by atoms with E-state index in [9.17, 15) is 0 Å². The molecule has 0 aromatic carbocycles. The Morgan fingerprint density at radius 2 is 2.33 bits per heavy atom. The van der Waals surface area contributed by atoms with Crippen LogP contribution in [0.5, 0.6) is 0 Å². The predicted molar refractivity (Wildman–Crippen MR) is 63.7 cm³/mol. The van der Waals surface area contributed by atoms with Gasteiger partial charge in [0.1, 0.15) is 0 Å². The fourth-order valence-corrected chi connectivity index (χ4v) is 3.25. The maximum atomic E-state index is 5.70. The van der Waals surface area contributed by atoms with E-state index in [0.29, 0.717) is 0 Å². The van der Waals surface area contributed by atoms with Crippen molar-refractivity contribution >= 4 is 0 Å². The van der Waals surface area contributed by atoms with Crippen molar-refractivity contribution in [1.29, 1.82) is 0 Å². The van der Waals surface area contributed by atoms with Crippen LogP contribution in [0.2, 0.25) is 0 Å². The minimum Gasteiger partial charge on any atom is -0.377 e. The van der Waals surface area contributed by atoms with Crippen molar-refractivity contribution < 1.29 is 4.74 Å². The summed E-state index contributed by atoms with van der Waals surface area (Å²) in [7, 11) is 0. The number of fused-ring (bicyclic) bond motifs is 2. The number of rotatable bonds is 4. The standard InChI is InChI=1S/C14H22O/c1-4-12-5-11-6-13(14(12)7-11)9-15-8-10(2)3/h4,11,13-14H,2,5-9H2,1,3H3/t11-,13?,14+/m0/s1. The summed E-state index contributed by atoms with van der Waals surface area (Å²) >= 11 is 0. The fraction of sp³-hybridized carbons (Fsp3) is 0.714. The van der Waals surface area contributed by atoms with Crippen LogP contribution in [0.1, 0.15) is 33.1 Å². The molecule has 0 heterocycles. The molecule has 0 aromatic heterocycles. The van der Waals surface area contributed by atoms with Crippen molar-refractivity contribution in [1.82, 2.24) is 0 Å². The Kier molecular flexibility index (Phi) is 3.30. The number of hydrogen-bond donors (Lipinski definition) is 0. The fourth-order valence-electron chi connectivity index (χ4n) is 3.25. The molecule has 84 valence electrons. The minimum absolute atomic E-state index is 0.735. The van der Waals surface area contributed by atoms with E-state index in [-0.39, 0.29) is 0 Å². The molecule has 2 aliphatic carbocycles. The molecule has 0 amide bonds. The Bertz CT molecular complexity index is 277. The highest BCUT2D eigenvalue weighted by molar-refractivity contribution is 5.18. The SMILES string of the molecule is C=C(C)COCC1C[C@@H]2CC(=CC)[C@H]1C2. The van der Waals surface area contributed by atoms with Crippen molar-refractivity contribution in [3.63, 3.8) is 0 Å². The summed E-state index contributed by atoms with van der Waals surface area (Å²) in [5.74, 6) is 2.58. The summed E-state index contributed by atoms with van der Waals surface area (Å²) in [6.07, 6.45) is 6.49. The molecule has 1 nitrogen and oxygen atoms in total. The van der Waals surface area contributed by atoms with Crippen LogP contribution in [0.4, 0.5) is 0 Å². The summed E-state index contributed by atoms with van der Waals surface area (Å²) in [5.41, 5.74) is 2.82. The van der Waals surface area contributed by atoms with E-state index in [0.717, 1.165) is 36.5 Å². The molecule has 0 aliphatic heterocycles. The molecule has 2 bridgehead atoms. The lowest BCUT2D eigenvalue weighted by Crippen LogP contribution is -2.19. The number of hydrogen-bond acceptors (Lipinski definition) is 1. The third-order valence-corrected chi connectivity index (χ3v) is 3.84. The van der Waals surface area contributed by atoms with Crippen LogP contribution < -0.4 is 0 Å².